The van der Waals surface area contributed by atoms with Crippen molar-refractivity contribution in [1.29, 1.82) is 0 Å². The lowest BCUT2D eigenvalue weighted by atomic mass is 9.96. The lowest BCUT2D eigenvalue weighted by Crippen LogP contribution is -2.24. The molecular weight excluding hydrogens is 395 g/mol. The largest absolute Gasteiger partial charge is 0.488 e. The molecule has 1 aliphatic rings. The molecule has 150 valence electrons. The first kappa shape index (κ1) is 19.3. The number of ether oxygens (including phenoxy) is 1. The van der Waals surface area contributed by atoms with Crippen LogP contribution in [0.2, 0.25) is 0 Å². The van der Waals surface area contributed by atoms with Crippen LogP contribution in [0.15, 0.2) is 24.5 Å². The highest BCUT2D eigenvalue weighted by atomic mass is 32.1. The van der Waals surface area contributed by atoms with E-state index in [0.29, 0.717) is 63.6 Å². The van der Waals surface area contributed by atoms with Crippen molar-refractivity contribution in [1.82, 2.24) is 9.97 Å². The van der Waals surface area contributed by atoms with Crippen LogP contribution in [0.4, 0.5) is 15.9 Å². The number of hydrogen-bond acceptors (Lipinski definition) is 7. The van der Waals surface area contributed by atoms with Gasteiger partial charge in [0.05, 0.1) is 22.1 Å². The fourth-order valence-electron chi connectivity index (χ4n) is 3.44. The van der Waals surface area contributed by atoms with Gasteiger partial charge in [0, 0.05) is 18.9 Å². The Morgan fingerprint density at radius 2 is 2.07 bits per heavy atom. The van der Waals surface area contributed by atoms with Crippen LogP contribution < -0.4 is 15.8 Å². The zero-order valence-corrected chi connectivity index (χ0v) is 16.5. The Hall–Kier alpha value is -3.07. The van der Waals surface area contributed by atoms with E-state index in [9.17, 15) is 14.0 Å². The van der Waals surface area contributed by atoms with Crippen LogP contribution in [0, 0.1) is 12.7 Å². The molecule has 0 bridgehead atoms. The molecule has 2 aromatic heterocycles. The van der Waals surface area contributed by atoms with Gasteiger partial charge in [-0.2, -0.15) is 0 Å². The molecule has 7 nitrogen and oxygen atoms in total. The summed E-state index contributed by atoms with van der Waals surface area (Å²) in [5.41, 5.74) is 6.68. The highest BCUT2D eigenvalue weighted by Gasteiger charge is 2.22. The number of benzene rings is 1. The predicted octanol–water partition coefficient (Wildman–Crippen LogP) is 3.87. The van der Waals surface area contributed by atoms with Crippen molar-refractivity contribution in [3.63, 3.8) is 0 Å². The number of hydrogen-bond donors (Lipinski definition) is 2. The van der Waals surface area contributed by atoms with Crippen molar-refractivity contribution in [2.24, 2.45) is 5.73 Å². The van der Waals surface area contributed by atoms with Crippen molar-refractivity contribution in [3.05, 3.63) is 40.8 Å². The number of Topliss-reactive ketones (excluding diaryl/α,β-unsaturated/α-hetero) is 1. The summed E-state index contributed by atoms with van der Waals surface area (Å²) in [6.45, 7) is 1.79. The summed E-state index contributed by atoms with van der Waals surface area (Å²) >= 11 is 1.20. The molecule has 0 aliphatic heterocycles. The first-order chi connectivity index (χ1) is 13.9. The number of aryl methyl sites for hydroxylation is 1. The number of thiophene rings is 1. The molecule has 1 aromatic carbocycles. The van der Waals surface area contributed by atoms with E-state index in [-0.39, 0.29) is 11.9 Å². The smallest absolute Gasteiger partial charge is 0.259 e. The predicted molar refractivity (Wildman–Crippen MR) is 108 cm³/mol. The van der Waals surface area contributed by atoms with Crippen LogP contribution >= 0.6 is 11.3 Å². The molecule has 1 saturated carbocycles. The molecule has 1 fully saturated rings. The van der Waals surface area contributed by atoms with Crippen LogP contribution in [0.5, 0.6) is 5.75 Å². The summed E-state index contributed by atoms with van der Waals surface area (Å²) in [5, 5.41) is 3.86. The minimum atomic E-state index is -0.519. The Morgan fingerprint density at radius 1 is 1.31 bits per heavy atom. The number of carbonyl (C=O) groups excluding carboxylic acids is 2. The topological polar surface area (TPSA) is 107 Å². The van der Waals surface area contributed by atoms with Crippen LogP contribution in [0.25, 0.3) is 10.2 Å². The molecule has 9 heteroatoms. The Bertz CT molecular complexity index is 1100. The molecule has 0 unspecified atom stereocenters. The van der Waals surface area contributed by atoms with E-state index in [1.165, 1.54) is 29.8 Å². The second kappa shape index (κ2) is 7.75. The third-order valence-electron chi connectivity index (χ3n) is 4.93. The summed E-state index contributed by atoms with van der Waals surface area (Å²) in [7, 11) is 0. The van der Waals surface area contributed by atoms with Crippen molar-refractivity contribution >= 4 is 44.7 Å². The molecule has 29 heavy (non-hydrogen) atoms. The van der Waals surface area contributed by atoms with Gasteiger partial charge in [-0.1, -0.05) is 0 Å². The lowest BCUT2D eigenvalue weighted by Gasteiger charge is -2.24. The summed E-state index contributed by atoms with van der Waals surface area (Å²) in [6, 6.07) is 4.21. The Labute approximate surface area is 170 Å². The molecule has 0 atom stereocenters. The first-order valence-electron chi connectivity index (χ1n) is 9.21. The van der Waals surface area contributed by atoms with Crippen LogP contribution in [0.3, 0.4) is 0 Å². The second-order valence-corrected chi connectivity index (χ2v) is 7.94. The number of carbonyl (C=O) groups is 2. The molecule has 4 rings (SSSR count). The highest BCUT2D eigenvalue weighted by molar-refractivity contribution is 7.20. The molecule has 0 spiro atoms. The fraction of sp³-hybridized carbons (Fsp3) is 0.300. The lowest BCUT2D eigenvalue weighted by molar-refractivity contribution is -0.121. The van der Waals surface area contributed by atoms with E-state index in [1.54, 1.807) is 13.0 Å². The Morgan fingerprint density at radius 3 is 2.79 bits per heavy atom. The van der Waals surface area contributed by atoms with Gasteiger partial charge in [0.2, 0.25) is 0 Å². The van der Waals surface area contributed by atoms with Crippen LogP contribution in [0.1, 0.15) is 40.9 Å². The van der Waals surface area contributed by atoms with Crippen molar-refractivity contribution in [2.45, 2.75) is 38.7 Å². The van der Waals surface area contributed by atoms with E-state index in [0.717, 1.165) is 0 Å². The van der Waals surface area contributed by atoms with E-state index >= 15 is 0 Å². The highest BCUT2D eigenvalue weighted by Crippen LogP contribution is 2.37. The van der Waals surface area contributed by atoms with Crippen molar-refractivity contribution in [2.75, 3.05) is 5.32 Å². The summed E-state index contributed by atoms with van der Waals surface area (Å²) < 4.78 is 19.9. The molecule has 1 amide bonds. The van der Waals surface area contributed by atoms with Crippen molar-refractivity contribution in [3.8, 4) is 5.75 Å². The molecule has 1 aliphatic carbocycles. The van der Waals surface area contributed by atoms with Crippen LogP contribution in [-0.4, -0.2) is 27.8 Å². The van der Waals surface area contributed by atoms with Gasteiger partial charge in [0.1, 0.15) is 34.3 Å². The number of rotatable bonds is 5. The number of aromatic nitrogens is 2. The minimum Gasteiger partial charge on any atom is -0.488 e. The van der Waals surface area contributed by atoms with Gasteiger partial charge in [-0.15, -0.1) is 11.3 Å². The molecule has 0 radical (unpaired) electrons. The number of nitrogens with one attached hydrogen (secondary N) is 1. The number of nitrogens with two attached hydrogens (primary N) is 1. The summed E-state index contributed by atoms with van der Waals surface area (Å²) in [6.07, 6.45) is 3.40. The summed E-state index contributed by atoms with van der Waals surface area (Å²) in [5.74, 6) is 0.108. The molecular formula is C20H19FN4O3S. The van der Waals surface area contributed by atoms with Gasteiger partial charge in [-0.05, 0) is 37.5 Å². The SMILES string of the molecule is Cc1c(C(N)=O)sc2ncnc(Nc3ccc(F)cc3OC3CCC(=O)CC3)c12. The molecule has 2 heterocycles. The van der Waals surface area contributed by atoms with E-state index in [4.69, 9.17) is 10.5 Å². The maximum absolute atomic E-state index is 13.9. The van der Waals surface area contributed by atoms with E-state index < -0.39 is 11.7 Å². The first-order valence-corrected chi connectivity index (χ1v) is 10.0. The van der Waals surface area contributed by atoms with Gasteiger partial charge < -0.3 is 15.8 Å². The molecule has 3 aromatic rings. The number of fused-ring (bicyclic) bond motifs is 1. The van der Waals surface area contributed by atoms with Gasteiger partial charge in [-0.3, -0.25) is 9.59 Å². The zero-order chi connectivity index (χ0) is 20.5. The van der Waals surface area contributed by atoms with E-state index in [2.05, 4.69) is 15.3 Å². The second-order valence-electron chi connectivity index (χ2n) is 6.94. The maximum Gasteiger partial charge on any atom is 0.259 e. The third kappa shape index (κ3) is 3.91. The van der Waals surface area contributed by atoms with Crippen molar-refractivity contribution < 1.29 is 18.7 Å². The normalized spacial score (nSPS) is 14.9. The third-order valence-corrected chi connectivity index (χ3v) is 6.15. The van der Waals surface area contributed by atoms with Gasteiger partial charge in [0.25, 0.3) is 5.91 Å². The van der Waals surface area contributed by atoms with Gasteiger partial charge in [0.15, 0.2) is 0 Å². The Balaban J connectivity index is 1.68. The quantitative estimate of drug-likeness (QED) is 0.656. The number of primary amides is 1. The zero-order valence-electron chi connectivity index (χ0n) is 15.7. The van der Waals surface area contributed by atoms with E-state index in [1.807, 2.05) is 0 Å². The Kier molecular flexibility index (Phi) is 5.14. The average molecular weight is 414 g/mol. The maximum atomic E-state index is 13.9. The number of nitrogens with zero attached hydrogens (tertiary/aromatic N) is 2. The molecule has 3 N–H and O–H groups in total. The monoisotopic (exact) mass is 414 g/mol. The number of anilines is 2. The standard InChI is InChI=1S/C20H19FN4O3S/c1-10-16-19(23-9-24-20(16)29-17(10)18(22)27)25-14-7-2-11(21)8-15(14)28-13-5-3-12(26)4-6-13/h2,7-9,13H,3-6H2,1H3,(H2,22,27)(H,23,24,25). The minimum absolute atomic E-state index is 0.148. The van der Waals surface area contributed by atoms with Gasteiger partial charge >= 0.3 is 0 Å². The number of amides is 1. The van der Waals surface area contributed by atoms with Crippen LogP contribution in [-0.2, 0) is 4.79 Å². The van der Waals surface area contributed by atoms with Gasteiger partial charge in [-0.25, -0.2) is 14.4 Å². The number of ketones is 1. The fourth-order valence-corrected chi connectivity index (χ4v) is 4.44. The molecule has 0 saturated heterocycles. The summed E-state index contributed by atoms with van der Waals surface area (Å²) in [4.78, 5) is 32.7. The average Bonchev–Trinajstić information content (AvgIpc) is 3.04. The number of halogens is 1.